The highest BCUT2D eigenvalue weighted by molar-refractivity contribution is 7.98. The van der Waals surface area contributed by atoms with E-state index >= 15 is 0 Å². The summed E-state index contributed by atoms with van der Waals surface area (Å²) in [5.41, 5.74) is 0. The Morgan fingerprint density at radius 2 is 1.77 bits per heavy atom. The molecule has 1 aromatic carbocycles. The molecule has 1 aromatic heterocycles. The van der Waals surface area contributed by atoms with E-state index in [9.17, 15) is 13.2 Å². The first-order valence-corrected chi connectivity index (χ1v) is 9.14. The van der Waals surface area contributed by atoms with Crippen LogP contribution in [0, 0.1) is 0 Å². The van der Waals surface area contributed by atoms with Crippen molar-refractivity contribution in [3.63, 3.8) is 0 Å². The maximum Gasteiger partial charge on any atom is 0.519 e. The van der Waals surface area contributed by atoms with Gasteiger partial charge >= 0.3 is 5.82 Å². The van der Waals surface area contributed by atoms with Crippen LogP contribution < -0.4 is 5.82 Å². The molecule has 0 saturated heterocycles. The van der Waals surface area contributed by atoms with Crippen LogP contribution in [-0.4, -0.2) is 13.0 Å². The molecule has 0 amide bonds. The molecule has 0 saturated carbocycles. The van der Waals surface area contributed by atoms with Gasteiger partial charge in [0.25, 0.3) is 10.1 Å². The number of thioether (sulfide) groups is 1. The van der Waals surface area contributed by atoms with E-state index in [0.29, 0.717) is 23.7 Å². The van der Waals surface area contributed by atoms with Crippen LogP contribution in [0.1, 0.15) is 31.3 Å². The van der Waals surface area contributed by atoms with Gasteiger partial charge in [-0.15, -0.1) is 11.8 Å². The summed E-state index contributed by atoms with van der Waals surface area (Å²) in [5, 5.41) is 0. The molecule has 22 heavy (non-hydrogen) atoms. The summed E-state index contributed by atoms with van der Waals surface area (Å²) < 4.78 is 40.9. The third-order valence-electron chi connectivity index (χ3n) is 2.97. The molecule has 0 radical (unpaired) electrons. The summed E-state index contributed by atoms with van der Waals surface area (Å²) in [6.07, 6.45) is 2.54. The molecular formula is C14H16O6S2. The molecule has 0 fully saturated rings. The first-order valence-electron chi connectivity index (χ1n) is 6.72. The third-order valence-corrected chi connectivity index (χ3v) is 4.85. The summed E-state index contributed by atoms with van der Waals surface area (Å²) >= 11 is 1.38. The quantitative estimate of drug-likeness (QED) is 0.608. The van der Waals surface area contributed by atoms with Crippen LogP contribution in [-0.2, 0) is 22.3 Å². The van der Waals surface area contributed by atoms with E-state index in [4.69, 9.17) is 13.4 Å². The van der Waals surface area contributed by atoms with Crippen LogP contribution in [0.5, 0.6) is 0 Å². The molecule has 2 aromatic rings. The molecule has 1 N–H and O–H groups in total. The lowest BCUT2D eigenvalue weighted by Crippen LogP contribution is -1.97. The molecular weight excluding hydrogens is 328 g/mol. The van der Waals surface area contributed by atoms with E-state index in [2.05, 4.69) is 0 Å². The Kier molecular flexibility index (Phi) is 5.49. The van der Waals surface area contributed by atoms with Crippen molar-refractivity contribution in [2.75, 3.05) is 0 Å². The topological polar surface area (TPSA) is 97.7 Å². The van der Waals surface area contributed by atoms with Crippen LogP contribution in [0.2, 0.25) is 0 Å². The van der Waals surface area contributed by atoms with Gasteiger partial charge in [-0.25, -0.2) is 4.79 Å². The lowest BCUT2D eigenvalue weighted by molar-refractivity contribution is 0.367. The van der Waals surface area contributed by atoms with Gasteiger partial charge in [0.2, 0.25) is 0 Å². The van der Waals surface area contributed by atoms with E-state index in [0.717, 1.165) is 17.7 Å². The lowest BCUT2D eigenvalue weighted by atomic mass is 10.2. The van der Waals surface area contributed by atoms with Crippen LogP contribution >= 0.6 is 11.8 Å². The monoisotopic (exact) mass is 344 g/mol. The van der Waals surface area contributed by atoms with Gasteiger partial charge < -0.3 is 8.83 Å². The largest absolute Gasteiger partial charge is 0.519 e. The number of rotatable bonds is 7. The molecule has 8 heteroatoms. The zero-order valence-corrected chi connectivity index (χ0v) is 13.6. The summed E-state index contributed by atoms with van der Waals surface area (Å²) in [7, 11) is -4.18. The number of hydrogen-bond acceptors (Lipinski definition) is 6. The van der Waals surface area contributed by atoms with Gasteiger partial charge in [-0.1, -0.05) is 13.3 Å². The van der Waals surface area contributed by atoms with Crippen molar-refractivity contribution in [1.82, 2.24) is 0 Å². The van der Waals surface area contributed by atoms with E-state index in [1.807, 2.05) is 6.92 Å². The van der Waals surface area contributed by atoms with Crippen LogP contribution in [0.15, 0.2) is 47.7 Å². The molecule has 0 bridgehead atoms. The fourth-order valence-electron chi connectivity index (χ4n) is 1.83. The number of unbranched alkanes of at least 4 members (excludes halogenated alkanes) is 1. The second-order valence-electron chi connectivity index (χ2n) is 4.64. The van der Waals surface area contributed by atoms with E-state index in [1.54, 1.807) is 12.1 Å². The summed E-state index contributed by atoms with van der Waals surface area (Å²) in [4.78, 5) is 11.8. The van der Waals surface area contributed by atoms with Crippen LogP contribution in [0.25, 0.3) is 0 Å². The Balaban J connectivity index is 2.05. The van der Waals surface area contributed by atoms with Crippen LogP contribution in [0.4, 0.5) is 0 Å². The van der Waals surface area contributed by atoms with Crippen molar-refractivity contribution in [3.8, 4) is 0 Å². The molecule has 0 aliphatic rings. The molecule has 0 aliphatic carbocycles. The molecule has 0 unspecified atom stereocenters. The zero-order valence-electron chi connectivity index (χ0n) is 11.9. The van der Waals surface area contributed by atoms with Crippen molar-refractivity contribution >= 4 is 21.9 Å². The Hall–Kier alpha value is -1.51. The van der Waals surface area contributed by atoms with Gasteiger partial charge in [-0.05, 0) is 30.7 Å². The maximum atomic E-state index is 11.2. The van der Waals surface area contributed by atoms with Crippen molar-refractivity contribution in [3.05, 3.63) is 46.4 Å². The van der Waals surface area contributed by atoms with Crippen molar-refractivity contribution in [2.24, 2.45) is 0 Å². The highest BCUT2D eigenvalue weighted by Gasteiger charge is 2.13. The first kappa shape index (κ1) is 16.9. The zero-order chi connectivity index (χ0) is 16.2. The number of benzene rings is 1. The minimum absolute atomic E-state index is 0.157. The SMILES string of the molecule is CCCCc1oc(=O)oc1CSc1ccc(S(=O)(=O)O)cc1. The fourth-order valence-corrected chi connectivity index (χ4v) is 3.16. The van der Waals surface area contributed by atoms with E-state index < -0.39 is 15.9 Å². The molecule has 0 aliphatic heterocycles. The van der Waals surface area contributed by atoms with Gasteiger partial charge in [0.1, 0.15) is 0 Å². The van der Waals surface area contributed by atoms with Gasteiger partial charge in [0, 0.05) is 11.3 Å². The number of hydrogen-bond donors (Lipinski definition) is 1. The third kappa shape index (κ3) is 4.49. The Morgan fingerprint density at radius 3 is 2.36 bits per heavy atom. The Bertz CT molecular complexity index is 770. The van der Waals surface area contributed by atoms with Crippen molar-refractivity contribution in [2.45, 2.75) is 41.7 Å². The van der Waals surface area contributed by atoms with Crippen molar-refractivity contribution in [1.29, 1.82) is 0 Å². The average Bonchev–Trinajstić information content (AvgIpc) is 2.82. The maximum absolute atomic E-state index is 11.2. The summed E-state index contributed by atoms with van der Waals surface area (Å²) in [6.45, 7) is 2.05. The van der Waals surface area contributed by atoms with Crippen LogP contribution in [0.3, 0.4) is 0 Å². The molecule has 0 atom stereocenters. The number of aryl methyl sites for hydroxylation is 1. The minimum Gasteiger partial charge on any atom is -0.396 e. The average molecular weight is 344 g/mol. The van der Waals surface area contributed by atoms with Crippen molar-refractivity contribution < 1.29 is 21.8 Å². The summed E-state index contributed by atoms with van der Waals surface area (Å²) in [6, 6.07) is 5.80. The smallest absolute Gasteiger partial charge is 0.396 e. The fraction of sp³-hybridized carbons (Fsp3) is 0.357. The Labute approximate surface area is 132 Å². The molecule has 0 spiro atoms. The molecule has 1 heterocycles. The predicted molar refractivity (Wildman–Crippen MR) is 81.7 cm³/mol. The van der Waals surface area contributed by atoms with Gasteiger partial charge in [-0.3, -0.25) is 4.55 Å². The van der Waals surface area contributed by atoms with E-state index in [-0.39, 0.29) is 4.90 Å². The first-order chi connectivity index (χ1) is 10.4. The van der Waals surface area contributed by atoms with E-state index in [1.165, 1.54) is 23.9 Å². The highest BCUT2D eigenvalue weighted by atomic mass is 32.2. The second-order valence-corrected chi connectivity index (χ2v) is 7.11. The van der Waals surface area contributed by atoms with Gasteiger partial charge in [0.05, 0.1) is 10.6 Å². The standard InChI is InChI=1S/C14H16O6S2/c1-2-3-4-12-13(20-14(15)19-12)9-21-10-5-7-11(8-6-10)22(16,17)18/h5-8H,2-4,9H2,1H3,(H,16,17,18). The minimum atomic E-state index is -4.18. The molecule has 6 nitrogen and oxygen atoms in total. The lowest BCUT2D eigenvalue weighted by Gasteiger charge is -2.02. The molecule has 2 rings (SSSR count). The Morgan fingerprint density at radius 1 is 1.14 bits per heavy atom. The second kappa shape index (κ2) is 7.17. The predicted octanol–water partition coefficient (Wildman–Crippen LogP) is 3.11. The summed E-state index contributed by atoms with van der Waals surface area (Å²) in [5.74, 6) is 0.773. The normalized spacial score (nSPS) is 11.7. The molecule has 120 valence electrons. The highest BCUT2D eigenvalue weighted by Crippen LogP contribution is 2.25. The van der Waals surface area contributed by atoms with Gasteiger partial charge in [0.15, 0.2) is 11.5 Å². The van der Waals surface area contributed by atoms with Gasteiger partial charge in [-0.2, -0.15) is 8.42 Å².